The highest BCUT2D eigenvalue weighted by atomic mass is 16.4. The van der Waals surface area contributed by atoms with Gasteiger partial charge in [-0.15, -0.1) is 0 Å². The Morgan fingerprint density at radius 3 is 2.27 bits per heavy atom. The third-order valence-electron chi connectivity index (χ3n) is 3.04. The fourth-order valence-corrected chi connectivity index (χ4v) is 1.97. The van der Waals surface area contributed by atoms with Crippen molar-refractivity contribution in [3.63, 3.8) is 0 Å². The van der Waals surface area contributed by atoms with Crippen LogP contribution in [0.3, 0.4) is 0 Å². The summed E-state index contributed by atoms with van der Waals surface area (Å²) in [5.74, 6) is -2.31. The first-order valence-corrected chi connectivity index (χ1v) is 4.96. The number of aliphatic hydroxyl groups excluding tert-OH is 1. The summed E-state index contributed by atoms with van der Waals surface area (Å²) in [7, 11) is 0. The van der Waals surface area contributed by atoms with E-state index in [4.69, 9.17) is 10.2 Å². The first kappa shape index (κ1) is 12.0. The molecule has 3 N–H and O–H groups in total. The van der Waals surface area contributed by atoms with Crippen molar-refractivity contribution in [1.29, 1.82) is 0 Å². The number of hydrogen-bond acceptors (Lipinski definition) is 3. The molecule has 0 saturated heterocycles. The molecule has 0 aliphatic heterocycles. The van der Waals surface area contributed by atoms with Gasteiger partial charge in [-0.3, -0.25) is 9.59 Å². The Kier molecular flexibility index (Phi) is 3.04. The number of carbonyl (C=O) groups excluding carboxylic acids is 1. The number of amides is 1. The van der Waals surface area contributed by atoms with Crippen LogP contribution in [0.1, 0.15) is 20.8 Å². The molecule has 0 unspecified atom stereocenters. The molecule has 5 heteroatoms. The summed E-state index contributed by atoms with van der Waals surface area (Å²) in [5.41, 5.74) is -0.481. The lowest BCUT2D eigenvalue weighted by molar-refractivity contribution is -0.140. The Morgan fingerprint density at radius 1 is 1.40 bits per heavy atom. The number of rotatable bonds is 4. The van der Waals surface area contributed by atoms with Crippen molar-refractivity contribution in [2.75, 3.05) is 6.61 Å². The molecule has 0 bridgehead atoms. The Balaban J connectivity index is 2.60. The smallest absolute Gasteiger partial charge is 0.307 e. The molecule has 5 nitrogen and oxygen atoms in total. The number of aliphatic carboxylic acids is 1. The van der Waals surface area contributed by atoms with E-state index in [1.807, 2.05) is 0 Å². The maximum absolute atomic E-state index is 11.6. The summed E-state index contributed by atoms with van der Waals surface area (Å²) in [5, 5.41) is 20.2. The van der Waals surface area contributed by atoms with Gasteiger partial charge in [-0.25, -0.2) is 0 Å². The fourth-order valence-electron chi connectivity index (χ4n) is 1.97. The zero-order valence-corrected chi connectivity index (χ0v) is 9.15. The van der Waals surface area contributed by atoms with Gasteiger partial charge in [0.1, 0.15) is 0 Å². The Labute approximate surface area is 88.5 Å². The molecule has 1 fully saturated rings. The second kappa shape index (κ2) is 3.81. The van der Waals surface area contributed by atoms with E-state index >= 15 is 0 Å². The van der Waals surface area contributed by atoms with Crippen LogP contribution in [-0.2, 0) is 9.59 Å². The number of aliphatic hydroxyl groups is 1. The Hall–Kier alpha value is -1.10. The maximum Gasteiger partial charge on any atom is 0.307 e. The maximum atomic E-state index is 11.6. The monoisotopic (exact) mass is 215 g/mol. The van der Waals surface area contributed by atoms with Crippen LogP contribution in [-0.4, -0.2) is 34.7 Å². The highest BCUT2D eigenvalue weighted by molar-refractivity contribution is 5.91. The van der Waals surface area contributed by atoms with Crippen molar-refractivity contribution in [2.45, 2.75) is 26.8 Å². The second-order valence-corrected chi connectivity index (χ2v) is 4.71. The quantitative estimate of drug-likeness (QED) is 0.608. The summed E-state index contributed by atoms with van der Waals surface area (Å²) in [6.07, 6.45) is 0. The fraction of sp³-hybridized carbons (Fsp3) is 0.800. The van der Waals surface area contributed by atoms with Crippen molar-refractivity contribution in [3.8, 4) is 0 Å². The number of nitrogens with one attached hydrogen (secondary N) is 1. The molecule has 0 spiro atoms. The van der Waals surface area contributed by atoms with Crippen molar-refractivity contribution in [2.24, 2.45) is 17.3 Å². The van der Waals surface area contributed by atoms with Crippen LogP contribution >= 0.6 is 0 Å². The SMILES string of the molecule is C[C@H](CO)NC(=O)[C@H]1[C@@H](C(=O)O)C1(C)C. The van der Waals surface area contributed by atoms with Gasteiger partial charge < -0.3 is 15.5 Å². The normalized spacial score (nSPS) is 29.3. The van der Waals surface area contributed by atoms with Crippen molar-refractivity contribution < 1.29 is 19.8 Å². The van der Waals surface area contributed by atoms with Crippen LogP contribution in [0.4, 0.5) is 0 Å². The molecule has 86 valence electrons. The van der Waals surface area contributed by atoms with Gasteiger partial charge in [-0.2, -0.15) is 0 Å². The van der Waals surface area contributed by atoms with E-state index in [0.29, 0.717) is 0 Å². The van der Waals surface area contributed by atoms with Crippen molar-refractivity contribution in [1.82, 2.24) is 5.32 Å². The van der Waals surface area contributed by atoms with Crippen molar-refractivity contribution in [3.05, 3.63) is 0 Å². The third kappa shape index (κ3) is 2.12. The zero-order chi connectivity index (χ0) is 11.8. The van der Waals surface area contributed by atoms with Gasteiger partial charge in [0.05, 0.1) is 18.4 Å². The van der Waals surface area contributed by atoms with E-state index in [1.165, 1.54) is 0 Å². The molecule has 0 aromatic heterocycles. The Bertz CT molecular complexity index is 287. The molecule has 3 atom stereocenters. The summed E-state index contributed by atoms with van der Waals surface area (Å²) in [6.45, 7) is 5.05. The largest absolute Gasteiger partial charge is 0.481 e. The van der Waals surface area contributed by atoms with Gasteiger partial charge in [-0.05, 0) is 12.3 Å². The van der Waals surface area contributed by atoms with Gasteiger partial charge in [-0.1, -0.05) is 13.8 Å². The van der Waals surface area contributed by atoms with E-state index in [1.54, 1.807) is 20.8 Å². The minimum atomic E-state index is -0.934. The number of carbonyl (C=O) groups is 2. The lowest BCUT2D eigenvalue weighted by Crippen LogP contribution is -2.37. The third-order valence-corrected chi connectivity index (χ3v) is 3.04. The topological polar surface area (TPSA) is 86.6 Å². The highest BCUT2D eigenvalue weighted by Gasteiger charge is 2.65. The predicted octanol–water partition coefficient (Wildman–Crippen LogP) is -0.160. The van der Waals surface area contributed by atoms with Gasteiger partial charge in [0.15, 0.2) is 0 Å². The average molecular weight is 215 g/mol. The molecular weight excluding hydrogens is 198 g/mol. The predicted molar refractivity (Wildman–Crippen MR) is 53.1 cm³/mol. The summed E-state index contributed by atoms with van der Waals surface area (Å²) >= 11 is 0. The van der Waals surface area contributed by atoms with Crippen LogP contribution < -0.4 is 5.32 Å². The van der Waals surface area contributed by atoms with E-state index in [9.17, 15) is 9.59 Å². The van der Waals surface area contributed by atoms with E-state index in [-0.39, 0.29) is 18.6 Å². The average Bonchev–Trinajstić information content (AvgIpc) is 2.68. The van der Waals surface area contributed by atoms with E-state index in [0.717, 1.165) is 0 Å². The molecule has 1 rings (SSSR count). The van der Waals surface area contributed by atoms with Crippen LogP contribution in [0.25, 0.3) is 0 Å². The Morgan fingerprint density at radius 2 is 1.93 bits per heavy atom. The summed E-state index contributed by atoms with van der Waals surface area (Å²) < 4.78 is 0. The molecule has 15 heavy (non-hydrogen) atoms. The lowest BCUT2D eigenvalue weighted by Gasteiger charge is -2.11. The standard InChI is InChI=1S/C10H17NO4/c1-5(4-12)11-8(13)6-7(9(14)15)10(6,2)3/h5-7,12H,4H2,1-3H3,(H,11,13)(H,14,15)/t5-,6-,7+/m1/s1. The molecule has 0 heterocycles. The number of carboxylic acid groups (broad SMARTS) is 1. The molecular formula is C10H17NO4. The highest BCUT2D eigenvalue weighted by Crippen LogP contribution is 2.58. The molecule has 1 aliphatic carbocycles. The molecule has 1 amide bonds. The van der Waals surface area contributed by atoms with Gasteiger partial charge in [0.2, 0.25) is 5.91 Å². The number of hydrogen-bond donors (Lipinski definition) is 3. The lowest BCUT2D eigenvalue weighted by atomic mass is 10.1. The minimum absolute atomic E-state index is 0.142. The summed E-state index contributed by atoms with van der Waals surface area (Å²) in [6, 6.07) is -0.330. The second-order valence-electron chi connectivity index (χ2n) is 4.71. The molecule has 0 radical (unpaired) electrons. The van der Waals surface area contributed by atoms with Gasteiger partial charge in [0.25, 0.3) is 0 Å². The van der Waals surface area contributed by atoms with E-state index in [2.05, 4.69) is 5.32 Å². The molecule has 1 aliphatic rings. The molecule has 1 saturated carbocycles. The van der Waals surface area contributed by atoms with Gasteiger partial charge in [0, 0.05) is 6.04 Å². The summed E-state index contributed by atoms with van der Waals surface area (Å²) in [4.78, 5) is 22.4. The first-order valence-electron chi connectivity index (χ1n) is 4.96. The molecule has 0 aromatic rings. The van der Waals surface area contributed by atoms with Crippen LogP contribution in [0.2, 0.25) is 0 Å². The van der Waals surface area contributed by atoms with Crippen molar-refractivity contribution >= 4 is 11.9 Å². The number of carboxylic acids is 1. The van der Waals surface area contributed by atoms with Crippen LogP contribution in [0, 0.1) is 17.3 Å². The van der Waals surface area contributed by atoms with Gasteiger partial charge >= 0.3 is 5.97 Å². The molecule has 0 aromatic carbocycles. The van der Waals surface area contributed by atoms with E-state index < -0.39 is 23.2 Å². The zero-order valence-electron chi connectivity index (χ0n) is 9.15. The first-order chi connectivity index (χ1) is 6.82. The van der Waals surface area contributed by atoms with Crippen LogP contribution in [0.15, 0.2) is 0 Å². The van der Waals surface area contributed by atoms with Crippen LogP contribution in [0.5, 0.6) is 0 Å². The minimum Gasteiger partial charge on any atom is -0.481 e.